The highest BCUT2D eigenvalue weighted by atomic mass is 16.5. The fourth-order valence-electron chi connectivity index (χ4n) is 2.08. The summed E-state index contributed by atoms with van der Waals surface area (Å²) in [5, 5.41) is 19.1. The van der Waals surface area contributed by atoms with Crippen molar-refractivity contribution in [2.75, 3.05) is 0 Å². The number of nitrogens with zero attached hydrogens (tertiary/aromatic N) is 2. The summed E-state index contributed by atoms with van der Waals surface area (Å²) >= 11 is 0. The van der Waals surface area contributed by atoms with Crippen LogP contribution in [0.15, 0.2) is 54.6 Å². The average Bonchev–Trinajstić information content (AvgIpc) is 2.55. The van der Waals surface area contributed by atoms with Crippen molar-refractivity contribution in [3.05, 3.63) is 65.7 Å². The van der Waals surface area contributed by atoms with Crippen LogP contribution >= 0.6 is 0 Å². The minimum atomic E-state index is -0.00686. The van der Waals surface area contributed by atoms with Gasteiger partial charge in [-0.2, -0.15) is 5.26 Å². The molecular formula is C17H12N2O2. The lowest BCUT2D eigenvalue weighted by atomic mass is 10.1. The van der Waals surface area contributed by atoms with E-state index in [1.807, 2.05) is 24.3 Å². The van der Waals surface area contributed by atoms with Gasteiger partial charge in [-0.15, -0.1) is 0 Å². The van der Waals surface area contributed by atoms with Crippen molar-refractivity contribution < 1.29 is 9.84 Å². The molecule has 0 saturated heterocycles. The molecule has 4 heteroatoms. The minimum Gasteiger partial charge on any atom is -0.439 e. The van der Waals surface area contributed by atoms with Gasteiger partial charge in [-0.1, -0.05) is 30.3 Å². The molecule has 1 N–H and O–H groups in total. The summed E-state index contributed by atoms with van der Waals surface area (Å²) in [5.41, 5.74) is 2.06. The maximum atomic E-state index is 9.23. The van der Waals surface area contributed by atoms with E-state index in [1.165, 1.54) is 0 Å². The molecule has 102 valence electrons. The molecule has 0 fully saturated rings. The Bertz CT molecular complexity index is 820. The van der Waals surface area contributed by atoms with Crippen LogP contribution in [0, 0.1) is 11.3 Å². The van der Waals surface area contributed by atoms with Gasteiger partial charge in [0.2, 0.25) is 5.88 Å². The lowest BCUT2D eigenvalue weighted by molar-refractivity contribution is 0.281. The predicted octanol–water partition coefficient (Wildman–Crippen LogP) is 3.39. The molecule has 4 nitrogen and oxygen atoms in total. The molecule has 0 spiro atoms. The van der Waals surface area contributed by atoms with Crippen molar-refractivity contribution >= 4 is 10.9 Å². The molecule has 1 aromatic heterocycles. The van der Waals surface area contributed by atoms with Gasteiger partial charge in [-0.25, -0.2) is 4.98 Å². The number of pyridine rings is 1. The zero-order valence-electron chi connectivity index (χ0n) is 11.2. The van der Waals surface area contributed by atoms with Crippen molar-refractivity contribution in [1.29, 1.82) is 5.26 Å². The van der Waals surface area contributed by atoms with Crippen molar-refractivity contribution in [1.82, 2.24) is 4.98 Å². The van der Waals surface area contributed by atoms with Crippen LogP contribution in [-0.2, 0) is 6.61 Å². The van der Waals surface area contributed by atoms with Crippen molar-refractivity contribution in [2.24, 2.45) is 0 Å². The molecule has 1 heterocycles. The fourth-order valence-corrected chi connectivity index (χ4v) is 2.08. The Labute approximate surface area is 121 Å². The Hall–Kier alpha value is -2.90. The second-order valence-corrected chi connectivity index (χ2v) is 4.54. The number of para-hydroxylation sites is 1. The van der Waals surface area contributed by atoms with Crippen LogP contribution in [0.5, 0.6) is 11.6 Å². The first-order valence-electron chi connectivity index (χ1n) is 6.47. The number of aromatic nitrogens is 1. The van der Waals surface area contributed by atoms with E-state index < -0.39 is 0 Å². The Kier molecular flexibility index (Phi) is 3.50. The third kappa shape index (κ3) is 2.69. The molecule has 0 aliphatic carbocycles. The molecule has 0 aliphatic heterocycles. The van der Waals surface area contributed by atoms with Crippen molar-refractivity contribution in [3.8, 4) is 17.7 Å². The molecule has 21 heavy (non-hydrogen) atoms. The maximum absolute atomic E-state index is 9.23. The Balaban J connectivity index is 1.98. The van der Waals surface area contributed by atoms with Crippen LogP contribution in [0.25, 0.3) is 10.9 Å². The zero-order chi connectivity index (χ0) is 14.7. The maximum Gasteiger partial charge on any atom is 0.221 e. The van der Waals surface area contributed by atoms with Gasteiger partial charge in [0.25, 0.3) is 0 Å². The van der Waals surface area contributed by atoms with E-state index in [0.717, 1.165) is 16.5 Å². The third-order valence-electron chi connectivity index (χ3n) is 3.14. The molecule has 0 aliphatic rings. The highest BCUT2D eigenvalue weighted by Crippen LogP contribution is 2.25. The number of aliphatic hydroxyl groups excluding tert-OH is 1. The Morgan fingerprint density at radius 2 is 1.86 bits per heavy atom. The molecule has 3 rings (SSSR count). The summed E-state index contributed by atoms with van der Waals surface area (Å²) < 4.78 is 5.68. The lowest BCUT2D eigenvalue weighted by Gasteiger charge is -2.07. The van der Waals surface area contributed by atoms with Gasteiger partial charge in [-0.3, -0.25) is 0 Å². The molecule has 0 atom stereocenters. The first kappa shape index (κ1) is 13.1. The zero-order valence-corrected chi connectivity index (χ0v) is 11.2. The van der Waals surface area contributed by atoms with Gasteiger partial charge < -0.3 is 9.84 Å². The summed E-state index contributed by atoms with van der Waals surface area (Å²) in [7, 11) is 0. The van der Waals surface area contributed by atoms with Crippen molar-refractivity contribution in [3.63, 3.8) is 0 Å². The van der Waals surface area contributed by atoms with Crippen LogP contribution in [0.2, 0.25) is 0 Å². The van der Waals surface area contributed by atoms with Crippen LogP contribution in [0.4, 0.5) is 0 Å². The second-order valence-electron chi connectivity index (χ2n) is 4.54. The number of ether oxygens (including phenoxy) is 1. The van der Waals surface area contributed by atoms with Crippen LogP contribution in [-0.4, -0.2) is 10.1 Å². The molecular weight excluding hydrogens is 264 g/mol. The van der Waals surface area contributed by atoms with Gasteiger partial charge in [0.1, 0.15) is 11.8 Å². The number of hydrogen-bond donors (Lipinski definition) is 1. The van der Waals surface area contributed by atoms with Crippen LogP contribution in [0.3, 0.4) is 0 Å². The summed E-state index contributed by atoms with van der Waals surface area (Å²) in [6.45, 7) is -0.00686. The van der Waals surface area contributed by atoms with E-state index in [-0.39, 0.29) is 6.61 Å². The number of benzene rings is 2. The largest absolute Gasteiger partial charge is 0.439 e. The predicted molar refractivity (Wildman–Crippen MR) is 78.9 cm³/mol. The first-order chi connectivity index (χ1) is 10.3. The monoisotopic (exact) mass is 276 g/mol. The quantitative estimate of drug-likeness (QED) is 0.796. The molecule has 0 amide bonds. The number of fused-ring (bicyclic) bond motifs is 1. The van der Waals surface area contributed by atoms with E-state index in [4.69, 9.17) is 9.84 Å². The number of aliphatic hydroxyl groups is 1. The van der Waals surface area contributed by atoms with Crippen molar-refractivity contribution in [2.45, 2.75) is 6.61 Å². The van der Waals surface area contributed by atoms with E-state index in [1.54, 1.807) is 30.3 Å². The topological polar surface area (TPSA) is 66.1 Å². The summed E-state index contributed by atoms with van der Waals surface area (Å²) in [5.74, 6) is 0.987. The molecule has 0 saturated carbocycles. The van der Waals surface area contributed by atoms with Gasteiger partial charge in [-0.05, 0) is 23.8 Å². The molecule has 0 radical (unpaired) electrons. The van der Waals surface area contributed by atoms with Gasteiger partial charge in [0, 0.05) is 11.5 Å². The third-order valence-corrected chi connectivity index (χ3v) is 3.14. The highest BCUT2D eigenvalue weighted by Gasteiger charge is 2.07. The standard InChI is InChI=1S/C17H12N2O2/c18-10-13-9-17(19-16-4-2-1-3-15(13)16)21-14-7-5-12(11-20)6-8-14/h1-9,20H,11H2. The van der Waals surface area contributed by atoms with Gasteiger partial charge in [0.15, 0.2) is 0 Å². The van der Waals surface area contributed by atoms with Gasteiger partial charge in [0.05, 0.1) is 17.7 Å². The normalized spacial score (nSPS) is 10.3. The van der Waals surface area contributed by atoms with E-state index in [0.29, 0.717) is 17.2 Å². The Morgan fingerprint density at radius 1 is 1.10 bits per heavy atom. The number of rotatable bonds is 3. The molecule has 2 aromatic carbocycles. The summed E-state index contributed by atoms with van der Waals surface area (Å²) in [6.07, 6.45) is 0. The van der Waals surface area contributed by atoms with Crippen LogP contribution < -0.4 is 4.74 Å². The van der Waals surface area contributed by atoms with E-state index in [9.17, 15) is 5.26 Å². The number of nitriles is 1. The van der Waals surface area contributed by atoms with Crippen LogP contribution in [0.1, 0.15) is 11.1 Å². The Morgan fingerprint density at radius 3 is 2.57 bits per heavy atom. The molecule has 0 unspecified atom stereocenters. The second kappa shape index (κ2) is 5.61. The smallest absolute Gasteiger partial charge is 0.221 e. The molecule has 3 aromatic rings. The average molecular weight is 276 g/mol. The highest BCUT2D eigenvalue weighted by molar-refractivity contribution is 5.85. The van der Waals surface area contributed by atoms with E-state index >= 15 is 0 Å². The molecule has 0 bridgehead atoms. The SMILES string of the molecule is N#Cc1cc(Oc2ccc(CO)cc2)nc2ccccc12. The van der Waals surface area contributed by atoms with E-state index in [2.05, 4.69) is 11.1 Å². The summed E-state index contributed by atoms with van der Waals surface area (Å²) in [6, 6.07) is 18.3. The minimum absolute atomic E-state index is 0.00686. The first-order valence-corrected chi connectivity index (χ1v) is 6.47. The fraction of sp³-hybridized carbons (Fsp3) is 0.0588. The van der Waals surface area contributed by atoms with Gasteiger partial charge >= 0.3 is 0 Å². The lowest BCUT2D eigenvalue weighted by Crippen LogP contribution is -1.92. The summed E-state index contributed by atoms with van der Waals surface area (Å²) in [4.78, 5) is 4.40. The number of hydrogen-bond acceptors (Lipinski definition) is 4.